The van der Waals surface area contributed by atoms with E-state index in [9.17, 15) is 9.59 Å². The topological polar surface area (TPSA) is 61.9 Å². The maximum absolute atomic E-state index is 12.6. The summed E-state index contributed by atoms with van der Waals surface area (Å²) < 4.78 is 5.25. The number of rotatable bonds is 5. The minimum atomic E-state index is -0.0184. The molecule has 1 aromatic rings. The van der Waals surface area contributed by atoms with Crippen molar-refractivity contribution in [3.63, 3.8) is 0 Å². The van der Waals surface area contributed by atoms with Gasteiger partial charge in [0, 0.05) is 32.7 Å². The molecule has 0 unspecified atom stereocenters. The molecule has 1 saturated heterocycles. The molecule has 0 radical (unpaired) electrons. The summed E-state index contributed by atoms with van der Waals surface area (Å²) in [6, 6.07) is 7.25. The van der Waals surface area contributed by atoms with Crippen LogP contribution in [0.5, 0.6) is 5.75 Å². The summed E-state index contributed by atoms with van der Waals surface area (Å²) in [5.74, 6) is 0.611. The van der Waals surface area contributed by atoms with E-state index >= 15 is 0 Å². The number of benzene rings is 1. The van der Waals surface area contributed by atoms with Gasteiger partial charge in [-0.05, 0) is 19.1 Å². The Balaban J connectivity index is 1.91. The number of hydrogen-bond donors (Lipinski definition) is 1. The molecule has 1 aromatic carbocycles. The van der Waals surface area contributed by atoms with E-state index in [1.807, 2.05) is 24.0 Å². The molecular weight excluding hydrogens is 282 g/mol. The fourth-order valence-electron chi connectivity index (χ4n) is 2.56. The first-order valence-electron chi connectivity index (χ1n) is 7.57. The fourth-order valence-corrected chi connectivity index (χ4v) is 2.56. The molecule has 1 aliphatic rings. The molecule has 22 heavy (non-hydrogen) atoms. The molecule has 2 amide bonds. The molecule has 120 valence electrons. The molecular formula is C16H23N3O3. The molecule has 1 aliphatic heterocycles. The number of para-hydroxylation sites is 1. The Morgan fingerprint density at radius 1 is 1.18 bits per heavy atom. The zero-order chi connectivity index (χ0) is 15.9. The summed E-state index contributed by atoms with van der Waals surface area (Å²) in [6.45, 7) is 5.60. The van der Waals surface area contributed by atoms with Gasteiger partial charge in [0.15, 0.2) is 0 Å². The van der Waals surface area contributed by atoms with Crippen molar-refractivity contribution >= 4 is 11.8 Å². The highest BCUT2D eigenvalue weighted by molar-refractivity contribution is 5.97. The molecule has 0 spiro atoms. The SMILES string of the molecule is CCNC(=O)CN1CCN(C(=O)c2ccccc2OC)CC1. The van der Waals surface area contributed by atoms with Gasteiger partial charge in [0.1, 0.15) is 5.75 Å². The van der Waals surface area contributed by atoms with Gasteiger partial charge in [-0.2, -0.15) is 0 Å². The average Bonchev–Trinajstić information content (AvgIpc) is 2.55. The van der Waals surface area contributed by atoms with E-state index in [0.29, 0.717) is 50.6 Å². The predicted octanol–water partition coefficient (Wildman–Crippen LogP) is 0.589. The van der Waals surface area contributed by atoms with Crippen LogP contribution in [0, 0.1) is 0 Å². The lowest BCUT2D eigenvalue weighted by atomic mass is 10.1. The Morgan fingerprint density at radius 3 is 2.50 bits per heavy atom. The van der Waals surface area contributed by atoms with Crippen molar-refractivity contribution in [3.05, 3.63) is 29.8 Å². The summed E-state index contributed by atoms with van der Waals surface area (Å²) in [5, 5.41) is 2.79. The second-order valence-corrected chi connectivity index (χ2v) is 5.22. The maximum atomic E-state index is 12.6. The lowest BCUT2D eigenvalue weighted by molar-refractivity contribution is -0.122. The number of nitrogens with one attached hydrogen (secondary N) is 1. The first-order chi connectivity index (χ1) is 10.7. The predicted molar refractivity (Wildman–Crippen MR) is 84.0 cm³/mol. The number of amides is 2. The zero-order valence-corrected chi connectivity index (χ0v) is 13.2. The zero-order valence-electron chi connectivity index (χ0n) is 13.2. The van der Waals surface area contributed by atoms with Gasteiger partial charge in [0.2, 0.25) is 5.91 Å². The van der Waals surface area contributed by atoms with E-state index < -0.39 is 0 Å². The highest BCUT2D eigenvalue weighted by atomic mass is 16.5. The summed E-state index contributed by atoms with van der Waals surface area (Å²) in [6.07, 6.45) is 0. The van der Waals surface area contributed by atoms with Gasteiger partial charge < -0.3 is 15.0 Å². The lowest BCUT2D eigenvalue weighted by Gasteiger charge is -2.34. The maximum Gasteiger partial charge on any atom is 0.257 e. The van der Waals surface area contributed by atoms with Crippen molar-refractivity contribution < 1.29 is 14.3 Å². The van der Waals surface area contributed by atoms with Crippen LogP contribution in [0.4, 0.5) is 0 Å². The minimum absolute atomic E-state index is 0.0184. The highest BCUT2D eigenvalue weighted by Gasteiger charge is 2.24. The van der Waals surface area contributed by atoms with Crippen molar-refractivity contribution in [3.8, 4) is 5.75 Å². The monoisotopic (exact) mass is 305 g/mol. The number of likely N-dealkylation sites (N-methyl/N-ethyl adjacent to an activating group) is 1. The van der Waals surface area contributed by atoms with Crippen molar-refractivity contribution in [1.29, 1.82) is 0 Å². The third kappa shape index (κ3) is 3.98. The van der Waals surface area contributed by atoms with E-state index in [1.165, 1.54) is 0 Å². The third-order valence-electron chi connectivity index (χ3n) is 3.74. The Morgan fingerprint density at radius 2 is 1.86 bits per heavy atom. The summed E-state index contributed by atoms with van der Waals surface area (Å²) in [4.78, 5) is 28.0. The van der Waals surface area contributed by atoms with Crippen LogP contribution in [0.2, 0.25) is 0 Å². The number of carbonyl (C=O) groups excluding carboxylic acids is 2. The Hall–Kier alpha value is -2.08. The average molecular weight is 305 g/mol. The van der Waals surface area contributed by atoms with Crippen molar-refractivity contribution in [2.24, 2.45) is 0 Å². The molecule has 1 fully saturated rings. The first-order valence-corrected chi connectivity index (χ1v) is 7.57. The number of hydrogen-bond acceptors (Lipinski definition) is 4. The fraction of sp³-hybridized carbons (Fsp3) is 0.500. The number of carbonyl (C=O) groups is 2. The molecule has 0 atom stereocenters. The van der Waals surface area contributed by atoms with Crippen molar-refractivity contribution in [2.45, 2.75) is 6.92 Å². The van der Waals surface area contributed by atoms with Crippen LogP contribution in [0.25, 0.3) is 0 Å². The molecule has 6 nitrogen and oxygen atoms in total. The largest absolute Gasteiger partial charge is 0.496 e. The highest BCUT2D eigenvalue weighted by Crippen LogP contribution is 2.20. The third-order valence-corrected chi connectivity index (χ3v) is 3.74. The number of ether oxygens (including phenoxy) is 1. The Kier molecular flexibility index (Phi) is 5.77. The van der Waals surface area contributed by atoms with Gasteiger partial charge in [0.25, 0.3) is 5.91 Å². The van der Waals surface area contributed by atoms with E-state index in [-0.39, 0.29) is 11.8 Å². The van der Waals surface area contributed by atoms with E-state index in [1.54, 1.807) is 19.2 Å². The van der Waals surface area contributed by atoms with Gasteiger partial charge in [-0.1, -0.05) is 12.1 Å². The second-order valence-electron chi connectivity index (χ2n) is 5.22. The quantitative estimate of drug-likeness (QED) is 0.865. The number of nitrogens with zero attached hydrogens (tertiary/aromatic N) is 2. The van der Waals surface area contributed by atoms with Crippen molar-refractivity contribution in [1.82, 2.24) is 15.1 Å². The smallest absolute Gasteiger partial charge is 0.257 e. The van der Waals surface area contributed by atoms with E-state index in [0.717, 1.165) is 0 Å². The van der Waals surface area contributed by atoms with Crippen LogP contribution >= 0.6 is 0 Å². The van der Waals surface area contributed by atoms with Crippen LogP contribution in [-0.4, -0.2) is 68.0 Å². The number of piperazine rings is 1. The molecule has 6 heteroatoms. The van der Waals surface area contributed by atoms with Gasteiger partial charge in [-0.25, -0.2) is 0 Å². The number of methoxy groups -OCH3 is 1. The molecule has 1 N–H and O–H groups in total. The molecule has 0 bridgehead atoms. The van der Waals surface area contributed by atoms with Crippen LogP contribution in [0.1, 0.15) is 17.3 Å². The second kappa shape index (κ2) is 7.79. The van der Waals surface area contributed by atoms with E-state index in [4.69, 9.17) is 4.74 Å². The van der Waals surface area contributed by atoms with Gasteiger partial charge in [0.05, 0.1) is 19.2 Å². The molecule has 0 saturated carbocycles. The van der Waals surface area contributed by atoms with Crippen LogP contribution < -0.4 is 10.1 Å². The van der Waals surface area contributed by atoms with Crippen LogP contribution in [0.3, 0.4) is 0 Å². The minimum Gasteiger partial charge on any atom is -0.496 e. The van der Waals surface area contributed by atoms with Crippen LogP contribution in [-0.2, 0) is 4.79 Å². The summed E-state index contributed by atoms with van der Waals surface area (Å²) in [5.41, 5.74) is 0.585. The van der Waals surface area contributed by atoms with Crippen LogP contribution in [0.15, 0.2) is 24.3 Å². The van der Waals surface area contributed by atoms with Gasteiger partial charge >= 0.3 is 0 Å². The van der Waals surface area contributed by atoms with E-state index in [2.05, 4.69) is 10.2 Å². The Bertz CT molecular complexity index is 525. The molecule has 0 aromatic heterocycles. The lowest BCUT2D eigenvalue weighted by Crippen LogP contribution is -2.51. The first kappa shape index (κ1) is 16.3. The van der Waals surface area contributed by atoms with Gasteiger partial charge in [-0.3, -0.25) is 14.5 Å². The van der Waals surface area contributed by atoms with Gasteiger partial charge in [-0.15, -0.1) is 0 Å². The molecule has 0 aliphatic carbocycles. The molecule has 1 heterocycles. The van der Waals surface area contributed by atoms with Crippen molar-refractivity contribution in [2.75, 3.05) is 46.4 Å². The standard InChI is InChI=1S/C16H23N3O3/c1-3-17-15(20)12-18-8-10-19(11-9-18)16(21)13-6-4-5-7-14(13)22-2/h4-7H,3,8-12H2,1-2H3,(H,17,20). The normalized spacial score (nSPS) is 15.5. The summed E-state index contributed by atoms with van der Waals surface area (Å²) >= 11 is 0. The Labute approximate surface area is 131 Å². The summed E-state index contributed by atoms with van der Waals surface area (Å²) in [7, 11) is 1.57. The molecule has 2 rings (SSSR count).